The number of hydrogen-bond acceptors (Lipinski definition) is 3. The molecule has 1 saturated heterocycles. The zero-order chi connectivity index (χ0) is 16.4. The Morgan fingerprint density at radius 3 is 2.75 bits per heavy atom. The van der Waals surface area contributed by atoms with Crippen LogP contribution in [0, 0.1) is 0 Å². The fourth-order valence-electron chi connectivity index (χ4n) is 3.08. The van der Waals surface area contributed by atoms with Gasteiger partial charge in [0, 0.05) is 18.9 Å². The van der Waals surface area contributed by atoms with Crippen LogP contribution in [0.25, 0.3) is 5.69 Å². The van der Waals surface area contributed by atoms with Gasteiger partial charge in [-0.1, -0.05) is 42.5 Å². The van der Waals surface area contributed by atoms with Gasteiger partial charge in [0.2, 0.25) is 5.91 Å². The van der Waals surface area contributed by atoms with E-state index in [1.54, 1.807) is 6.20 Å². The highest BCUT2D eigenvalue weighted by Gasteiger charge is 2.30. The van der Waals surface area contributed by atoms with Crippen molar-refractivity contribution in [3.63, 3.8) is 0 Å². The molecule has 5 nitrogen and oxygen atoms in total. The third kappa shape index (κ3) is 2.94. The maximum absolute atomic E-state index is 12.0. The summed E-state index contributed by atoms with van der Waals surface area (Å²) in [6, 6.07) is 20.2. The Balaban J connectivity index is 1.62. The smallest absolute Gasteiger partial charge is 0.235 e. The highest BCUT2D eigenvalue weighted by atomic mass is 16.2. The number of nitrogens with zero attached hydrogens (tertiary/aromatic N) is 3. The molecule has 3 aromatic rings. The van der Waals surface area contributed by atoms with E-state index in [1.165, 1.54) is 5.56 Å². The van der Waals surface area contributed by atoms with Gasteiger partial charge < -0.3 is 5.32 Å². The molecule has 0 radical (unpaired) electrons. The zero-order valence-corrected chi connectivity index (χ0v) is 13.2. The summed E-state index contributed by atoms with van der Waals surface area (Å²) in [4.78, 5) is 14.1. The number of carbonyl (C=O) groups is 1. The predicted octanol–water partition coefficient (Wildman–Crippen LogP) is 2.50. The van der Waals surface area contributed by atoms with Crippen LogP contribution < -0.4 is 5.32 Å². The molecule has 0 bridgehead atoms. The summed E-state index contributed by atoms with van der Waals surface area (Å²) in [5.74, 6) is 0.0559. The van der Waals surface area contributed by atoms with E-state index < -0.39 is 0 Å². The number of amides is 1. The molecule has 0 saturated carbocycles. The number of rotatable bonds is 4. The lowest BCUT2D eigenvalue weighted by atomic mass is 10.1. The molecule has 1 unspecified atom stereocenters. The maximum Gasteiger partial charge on any atom is 0.235 e. The monoisotopic (exact) mass is 318 g/mol. The van der Waals surface area contributed by atoms with Crippen molar-refractivity contribution in [2.75, 3.05) is 6.54 Å². The van der Waals surface area contributed by atoms with E-state index in [2.05, 4.69) is 33.5 Å². The first kappa shape index (κ1) is 14.7. The summed E-state index contributed by atoms with van der Waals surface area (Å²) >= 11 is 0. The van der Waals surface area contributed by atoms with Gasteiger partial charge in [-0.05, 0) is 29.3 Å². The molecule has 1 atom stereocenters. The Labute approximate surface area is 140 Å². The summed E-state index contributed by atoms with van der Waals surface area (Å²) in [6.45, 7) is 1.14. The van der Waals surface area contributed by atoms with Gasteiger partial charge in [-0.15, -0.1) is 0 Å². The number of carbonyl (C=O) groups excluding carboxylic acids is 1. The van der Waals surface area contributed by atoms with Crippen molar-refractivity contribution in [1.82, 2.24) is 20.0 Å². The van der Waals surface area contributed by atoms with Crippen molar-refractivity contribution in [1.29, 1.82) is 0 Å². The summed E-state index contributed by atoms with van der Waals surface area (Å²) in [5, 5.41) is 7.34. The Morgan fingerprint density at radius 1 is 1.08 bits per heavy atom. The van der Waals surface area contributed by atoms with Crippen LogP contribution in [-0.2, 0) is 11.3 Å². The summed E-state index contributed by atoms with van der Waals surface area (Å²) in [6.07, 6.45) is 3.55. The molecule has 1 amide bonds. The van der Waals surface area contributed by atoms with E-state index in [0.717, 1.165) is 17.8 Å². The second-order valence-electron chi connectivity index (χ2n) is 5.91. The lowest BCUT2D eigenvalue weighted by Gasteiger charge is -2.24. The largest absolute Gasteiger partial charge is 0.335 e. The summed E-state index contributed by atoms with van der Waals surface area (Å²) in [5.41, 5.74) is 3.24. The maximum atomic E-state index is 12.0. The number of hydrogen-bond donors (Lipinski definition) is 1. The van der Waals surface area contributed by atoms with Crippen LogP contribution in [0.3, 0.4) is 0 Å². The van der Waals surface area contributed by atoms with Crippen LogP contribution in [-0.4, -0.2) is 27.1 Å². The van der Waals surface area contributed by atoms with Gasteiger partial charge in [0.1, 0.15) is 6.17 Å². The van der Waals surface area contributed by atoms with E-state index in [9.17, 15) is 4.79 Å². The Morgan fingerprint density at radius 2 is 1.96 bits per heavy atom. The van der Waals surface area contributed by atoms with Gasteiger partial charge in [0.15, 0.2) is 0 Å². The number of aromatic nitrogens is 2. The molecule has 5 heteroatoms. The van der Waals surface area contributed by atoms with Crippen molar-refractivity contribution in [3.05, 3.63) is 84.2 Å². The predicted molar refractivity (Wildman–Crippen MR) is 91.3 cm³/mol. The molecular weight excluding hydrogens is 300 g/mol. The fourth-order valence-corrected chi connectivity index (χ4v) is 3.08. The Bertz CT molecular complexity index is 830. The van der Waals surface area contributed by atoms with Crippen molar-refractivity contribution in [2.24, 2.45) is 0 Å². The quantitative estimate of drug-likeness (QED) is 0.804. The molecule has 2 heterocycles. The summed E-state index contributed by atoms with van der Waals surface area (Å²) < 4.78 is 1.82. The lowest BCUT2D eigenvalue weighted by Crippen LogP contribution is -2.27. The first-order chi connectivity index (χ1) is 11.8. The first-order valence-corrected chi connectivity index (χ1v) is 7.97. The van der Waals surface area contributed by atoms with Crippen LogP contribution in [0.5, 0.6) is 0 Å². The molecule has 0 aliphatic carbocycles. The van der Waals surface area contributed by atoms with Gasteiger partial charge in [0.25, 0.3) is 0 Å². The second-order valence-corrected chi connectivity index (χ2v) is 5.91. The van der Waals surface area contributed by atoms with Crippen molar-refractivity contribution in [3.8, 4) is 5.69 Å². The third-order valence-electron chi connectivity index (χ3n) is 4.19. The van der Waals surface area contributed by atoms with Crippen LogP contribution >= 0.6 is 0 Å². The highest BCUT2D eigenvalue weighted by Crippen LogP contribution is 2.25. The zero-order valence-electron chi connectivity index (χ0n) is 13.2. The van der Waals surface area contributed by atoms with E-state index in [-0.39, 0.29) is 12.1 Å². The Hall–Kier alpha value is -2.92. The Kier molecular flexibility index (Phi) is 3.84. The SMILES string of the molecule is O=C1CN(Cc2ccccc2)C(c2cccc(-n3cccn3)c2)N1. The van der Waals surface area contributed by atoms with Crippen molar-refractivity contribution < 1.29 is 4.79 Å². The standard InChI is InChI=1S/C19H18N4O/c24-18-14-22(13-15-6-2-1-3-7-15)19(21-18)16-8-4-9-17(12-16)23-11-5-10-20-23/h1-12,19H,13-14H2,(H,21,24). The molecule has 4 rings (SSSR count). The van der Waals surface area contributed by atoms with Crippen LogP contribution in [0.4, 0.5) is 0 Å². The molecule has 1 aliphatic heterocycles. The van der Waals surface area contributed by atoms with E-state index in [1.807, 2.05) is 53.3 Å². The molecule has 1 aromatic heterocycles. The lowest BCUT2D eigenvalue weighted by molar-refractivity contribution is -0.118. The molecule has 1 N–H and O–H groups in total. The van der Waals surface area contributed by atoms with Gasteiger partial charge >= 0.3 is 0 Å². The second kappa shape index (κ2) is 6.29. The van der Waals surface area contributed by atoms with Gasteiger partial charge in [-0.25, -0.2) is 4.68 Å². The van der Waals surface area contributed by atoms with Crippen LogP contribution in [0.2, 0.25) is 0 Å². The number of nitrogens with one attached hydrogen (secondary N) is 1. The molecule has 1 fully saturated rings. The average molecular weight is 318 g/mol. The summed E-state index contributed by atoms with van der Waals surface area (Å²) in [7, 11) is 0. The molecular formula is C19H18N4O. The minimum absolute atomic E-state index is 0.0559. The molecule has 120 valence electrons. The minimum Gasteiger partial charge on any atom is -0.335 e. The topological polar surface area (TPSA) is 50.2 Å². The normalized spacial score (nSPS) is 17.8. The first-order valence-electron chi connectivity index (χ1n) is 7.97. The minimum atomic E-state index is -0.117. The van der Waals surface area contributed by atoms with Gasteiger partial charge in [-0.2, -0.15) is 5.10 Å². The third-order valence-corrected chi connectivity index (χ3v) is 4.19. The van der Waals surface area contributed by atoms with Crippen molar-refractivity contribution in [2.45, 2.75) is 12.7 Å². The van der Waals surface area contributed by atoms with Gasteiger partial charge in [0.05, 0.1) is 12.2 Å². The van der Waals surface area contributed by atoms with Gasteiger partial charge in [-0.3, -0.25) is 9.69 Å². The average Bonchev–Trinajstić information content (AvgIpc) is 3.26. The number of benzene rings is 2. The molecule has 24 heavy (non-hydrogen) atoms. The molecule has 1 aliphatic rings. The fraction of sp³-hybridized carbons (Fsp3) is 0.158. The van der Waals surface area contributed by atoms with Crippen LogP contribution in [0.1, 0.15) is 17.3 Å². The van der Waals surface area contributed by atoms with Crippen molar-refractivity contribution >= 4 is 5.91 Å². The molecule has 0 spiro atoms. The highest BCUT2D eigenvalue weighted by molar-refractivity contribution is 5.80. The van der Waals surface area contributed by atoms with E-state index in [4.69, 9.17) is 0 Å². The van der Waals surface area contributed by atoms with Crippen LogP contribution in [0.15, 0.2) is 73.1 Å². The van der Waals surface area contributed by atoms with E-state index in [0.29, 0.717) is 6.54 Å². The van der Waals surface area contributed by atoms with E-state index >= 15 is 0 Å². The molecule has 2 aromatic carbocycles.